The van der Waals surface area contributed by atoms with Crippen molar-refractivity contribution in [1.82, 2.24) is 9.80 Å². The topological polar surface area (TPSA) is 6.48 Å². The Kier molecular flexibility index (Phi) is 3.58. The molecular weight excluding hydrogens is 148 g/mol. The zero-order valence-corrected chi connectivity index (χ0v) is 8.08. The quantitative estimate of drug-likeness (QED) is 0.556. The highest BCUT2D eigenvalue weighted by Gasteiger charge is 2.19. The fraction of sp³-hybridized carbons (Fsp3) is 0.800. The molecule has 2 nitrogen and oxygen atoms in total. The van der Waals surface area contributed by atoms with Crippen LogP contribution in [0.3, 0.4) is 0 Å². The second kappa shape index (κ2) is 4.49. The summed E-state index contributed by atoms with van der Waals surface area (Å²) in [5.74, 6) is 2.69. The number of rotatable bonds is 2. The van der Waals surface area contributed by atoms with Gasteiger partial charge in [-0.3, -0.25) is 4.90 Å². The first-order chi connectivity index (χ1) is 5.74. The van der Waals surface area contributed by atoms with Gasteiger partial charge < -0.3 is 4.90 Å². The molecule has 2 heteroatoms. The van der Waals surface area contributed by atoms with Gasteiger partial charge in [-0.2, -0.15) is 0 Å². The van der Waals surface area contributed by atoms with Crippen molar-refractivity contribution in [3.05, 3.63) is 0 Å². The molecule has 0 spiro atoms. The molecule has 0 aromatic carbocycles. The zero-order valence-electron chi connectivity index (χ0n) is 8.08. The molecule has 0 aromatic heterocycles. The number of likely N-dealkylation sites (tertiary alicyclic amines) is 1. The van der Waals surface area contributed by atoms with E-state index >= 15 is 0 Å². The first-order valence-electron chi connectivity index (χ1n) is 4.56. The van der Waals surface area contributed by atoms with Crippen LogP contribution >= 0.6 is 0 Å². The Morgan fingerprint density at radius 2 is 2.08 bits per heavy atom. The molecule has 0 atom stereocenters. The van der Waals surface area contributed by atoms with Crippen LogP contribution < -0.4 is 0 Å². The van der Waals surface area contributed by atoms with Gasteiger partial charge in [-0.25, -0.2) is 0 Å². The smallest absolute Gasteiger partial charge is 0.0598 e. The van der Waals surface area contributed by atoms with E-state index in [1.807, 2.05) is 0 Å². The number of hydrogen-bond donors (Lipinski definition) is 0. The van der Waals surface area contributed by atoms with Crippen molar-refractivity contribution in [2.75, 3.05) is 33.7 Å². The first-order valence-corrected chi connectivity index (χ1v) is 4.56. The third-order valence-corrected chi connectivity index (χ3v) is 2.65. The van der Waals surface area contributed by atoms with Gasteiger partial charge in [0, 0.05) is 6.04 Å². The molecule has 0 aromatic rings. The second-order valence-corrected chi connectivity index (χ2v) is 3.65. The van der Waals surface area contributed by atoms with E-state index in [0.29, 0.717) is 6.04 Å². The Bertz CT molecular complexity index is 163. The number of terminal acetylenes is 1. The Morgan fingerprint density at radius 3 is 2.58 bits per heavy atom. The maximum Gasteiger partial charge on any atom is 0.0598 e. The maximum absolute atomic E-state index is 5.26. The fourth-order valence-electron chi connectivity index (χ4n) is 1.71. The van der Waals surface area contributed by atoms with Crippen molar-refractivity contribution in [2.24, 2.45) is 0 Å². The molecule has 0 aliphatic carbocycles. The van der Waals surface area contributed by atoms with Gasteiger partial charge >= 0.3 is 0 Å². The molecule has 1 aliphatic heterocycles. The Morgan fingerprint density at radius 1 is 1.50 bits per heavy atom. The number of hydrogen-bond acceptors (Lipinski definition) is 2. The largest absolute Gasteiger partial charge is 0.306 e. The Labute approximate surface area is 75.5 Å². The van der Waals surface area contributed by atoms with E-state index < -0.39 is 0 Å². The average Bonchev–Trinajstić information content (AvgIpc) is 2.06. The van der Waals surface area contributed by atoms with Crippen LogP contribution in [-0.4, -0.2) is 49.6 Å². The molecule has 0 amide bonds. The van der Waals surface area contributed by atoms with E-state index in [4.69, 9.17) is 6.42 Å². The number of nitrogens with zero attached hydrogens (tertiary/aromatic N) is 2. The van der Waals surface area contributed by atoms with Gasteiger partial charge in [-0.15, -0.1) is 6.42 Å². The van der Waals surface area contributed by atoms with E-state index in [0.717, 1.165) is 6.54 Å². The molecule has 0 radical (unpaired) electrons. The predicted octanol–water partition coefficient (Wildman–Crippen LogP) is 0.646. The van der Waals surface area contributed by atoms with Crippen LogP contribution in [0.5, 0.6) is 0 Å². The maximum atomic E-state index is 5.26. The molecule has 68 valence electrons. The van der Waals surface area contributed by atoms with Gasteiger partial charge in [0.2, 0.25) is 0 Å². The van der Waals surface area contributed by atoms with E-state index in [1.165, 1.54) is 25.9 Å². The molecule has 0 unspecified atom stereocenters. The SMILES string of the molecule is C#CCN(C)C1CCN(C)CC1. The summed E-state index contributed by atoms with van der Waals surface area (Å²) >= 11 is 0. The molecule has 1 rings (SSSR count). The van der Waals surface area contributed by atoms with Gasteiger partial charge in [0.15, 0.2) is 0 Å². The van der Waals surface area contributed by atoms with E-state index in [-0.39, 0.29) is 0 Å². The predicted molar refractivity (Wildman–Crippen MR) is 52.0 cm³/mol. The van der Waals surface area contributed by atoms with Crippen molar-refractivity contribution in [2.45, 2.75) is 18.9 Å². The highest BCUT2D eigenvalue weighted by molar-refractivity contribution is 4.90. The van der Waals surface area contributed by atoms with Gasteiger partial charge in [0.1, 0.15) is 0 Å². The standard InChI is InChI=1S/C10H18N2/c1-4-7-12(3)10-5-8-11(2)9-6-10/h1,10H,5-9H2,2-3H3. The van der Waals surface area contributed by atoms with Gasteiger partial charge in [0.05, 0.1) is 6.54 Å². The molecule has 1 fully saturated rings. The van der Waals surface area contributed by atoms with Gasteiger partial charge in [-0.1, -0.05) is 5.92 Å². The van der Waals surface area contributed by atoms with Crippen molar-refractivity contribution >= 4 is 0 Å². The van der Waals surface area contributed by atoms with Crippen LogP contribution in [0.1, 0.15) is 12.8 Å². The molecule has 0 saturated carbocycles. The average molecular weight is 166 g/mol. The van der Waals surface area contributed by atoms with Crippen molar-refractivity contribution < 1.29 is 0 Å². The summed E-state index contributed by atoms with van der Waals surface area (Å²) in [6, 6.07) is 0.706. The lowest BCUT2D eigenvalue weighted by Gasteiger charge is -2.34. The number of piperidine rings is 1. The lowest BCUT2D eigenvalue weighted by atomic mass is 10.0. The lowest BCUT2D eigenvalue weighted by molar-refractivity contribution is 0.156. The second-order valence-electron chi connectivity index (χ2n) is 3.65. The van der Waals surface area contributed by atoms with E-state index in [2.05, 4.69) is 29.8 Å². The van der Waals surface area contributed by atoms with Crippen LogP contribution in [0.2, 0.25) is 0 Å². The minimum atomic E-state index is 0.706. The third kappa shape index (κ3) is 2.51. The zero-order chi connectivity index (χ0) is 8.97. The first kappa shape index (κ1) is 9.57. The van der Waals surface area contributed by atoms with Crippen molar-refractivity contribution in [1.29, 1.82) is 0 Å². The summed E-state index contributed by atoms with van der Waals surface area (Å²) in [4.78, 5) is 4.66. The van der Waals surface area contributed by atoms with Crippen molar-refractivity contribution in [3.8, 4) is 12.3 Å². The summed E-state index contributed by atoms with van der Waals surface area (Å²) in [7, 11) is 4.30. The van der Waals surface area contributed by atoms with Crippen LogP contribution in [0.4, 0.5) is 0 Å². The van der Waals surface area contributed by atoms with Crippen molar-refractivity contribution in [3.63, 3.8) is 0 Å². The fourth-order valence-corrected chi connectivity index (χ4v) is 1.71. The summed E-state index contributed by atoms with van der Waals surface area (Å²) in [6.45, 7) is 3.20. The summed E-state index contributed by atoms with van der Waals surface area (Å²) in [6.07, 6.45) is 7.78. The molecule has 1 saturated heterocycles. The third-order valence-electron chi connectivity index (χ3n) is 2.65. The molecule has 1 heterocycles. The van der Waals surface area contributed by atoms with Crippen LogP contribution in [0.25, 0.3) is 0 Å². The van der Waals surface area contributed by atoms with E-state index in [9.17, 15) is 0 Å². The molecule has 1 aliphatic rings. The summed E-state index contributed by atoms with van der Waals surface area (Å²) < 4.78 is 0. The molecule has 0 N–H and O–H groups in total. The molecular formula is C10H18N2. The highest BCUT2D eigenvalue weighted by atomic mass is 15.2. The van der Waals surface area contributed by atoms with E-state index in [1.54, 1.807) is 0 Å². The summed E-state index contributed by atoms with van der Waals surface area (Å²) in [5, 5.41) is 0. The van der Waals surface area contributed by atoms with Crippen LogP contribution in [0, 0.1) is 12.3 Å². The molecule has 12 heavy (non-hydrogen) atoms. The minimum absolute atomic E-state index is 0.706. The monoisotopic (exact) mass is 166 g/mol. The van der Waals surface area contributed by atoms with Gasteiger partial charge in [-0.05, 0) is 40.0 Å². The molecule has 0 bridgehead atoms. The summed E-state index contributed by atoms with van der Waals surface area (Å²) in [5.41, 5.74) is 0. The Hall–Kier alpha value is -0.520. The van der Waals surface area contributed by atoms with Crippen LogP contribution in [-0.2, 0) is 0 Å². The Balaban J connectivity index is 2.30. The van der Waals surface area contributed by atoms with Gasteiger partial charge in [0.25, 0.3) is 0 Å². The minimum Gasteiger partial charge on any atom is -0.306 e. The highest BCUT2D eigenvalue weighted by Crippen LogP contribution is 2.13. The normalized spacial score (nSPS) is 21.2. The lowest BCUT2D eigenvalue weighted by Crippen LogP contribution is -2.41. The van der Waals surface area contributed by atoms with Crippen LogP contribution in [0.15, 0.2) is 0 Å².